The number of nitrogens with zero attached hydrogens (tertiary/aromatic N) is 30. The van der Waals surface area contributed by atoms with Gasteiger partial charge in [0.2, 0.25) is 0 Å². The summed E-state index contributed by atoms with van der Waals surface area (Å²) in [6.07, 6.45) is 6.37. The summed E-state index contributed by atoms with van der Waals surface area (Å²) in [5.74, 6) is 2.54. The van der Waals surface area contributed by atoms with Gasteiger partial charge in [0.15, 0.2) is 0 Å². The van der Waals surface area contributed by atoms with Crippen LogP contribution in [-0.2, 0) is 95.8 Å². The van der Waals surface area contributed by atoms with E-state index in [2.05, 4.69) is 135 Å². The summed E-state index contributed by atoms with van der Waals surface area (Å²) in [6.45, 7) is 13.4. The van der Waals surface area contributed by atoms with Gasteiger partial charge in [-0.05, 0) is 72.7 Å². The second-order valence-corrected chi connectivity index (χ2v) is 20.1. The number of benzene rings is 2. The predicted octanol–water partition coefficient (Wildman–Crippen LogP) is 7.97. The zero-order valence-electron chi connectivity index (χ0n) is 52.1. The monoisotopic (exact) mass is 1900 g/mol. The number of hydrogen-bond acceptors (Lipinski definition) is 18. The average Bonchev–Trinajstić information content (AvgIpc) is 1.69. The van der Waals surface area contributed by atoms with Gasteiger partial charge >= 0.3 is 81.7 Å². The molecule has 42 heteroatoms. The molecule has 0 aliphatic carbocycles. The van der Waals surface area contributed by atoms with E-state index in [1.54, 1.807) is 55.8 Å². The summed E-state index contributed by atoms with van der Waals surface area (Å²) < 4.78 is 120. The Balaban J connectivity index is 0.000000185. The molecule has 0 fully saturated rings. The number of para-hydroxylation sites is 2. The minimum Gasteiger partial charge on any atom is -0.420 e. The average molecular weight is 1900 g/mol. The van der Waals surface area contributed by atoms with Crippen LogP contribution in [0.3, 0.4) is 0 Å². The first-order valence-corrected chi connectivity index (χ1v) is 27.8. The molecule has 12 heterocycles. The first-order valence-electron chi connectivity index (χ1n) is 27.8. The van der Waals surface area contributed by atoms with Gasteiger partial charge in [0.05, 0.1) is 0 Å². The zero-order chi connectivity index (χ0) is 68.2. The van der Waals surface area contributed by atoms with Crippen LogP contribution in [0.15, 0.2) is 135 Å². The Morgan fingerprint density at radius 3 is 0.847 bits per heavy atom. The molecule has 0 aliphatic heterocycles. The molecule has 14 aromatic rings. The maximum atomic E-state index is 12.3. The molecule has 14 rings (SSSR count). The number of aryl methyl sites for hydroxylation is 5. The molecule has 518 valence electrons. The molecular formula is C56H51F9N30Pt3. The van der Waals surface area contributed by atoms with Crippen molar-refractivity contribution in [2.75, 3.05) is 0 Å². The third-order valence-corrected chi connectivity index (χ3v) is 12.4. The molecule has 12 aromatic heterocycles. The van der Waals surface area contributed by atoms with E-state index >= 15 is 0 Å². The Labute approximate surface area is 592 Å². The van der Waals surface area contributed by atoms with Gasteiger partial charge < -0.3 is 87.9 Å². The van der Waals surface area contributed by atoms with Gasteiger partial charge in [-0.25, -0.2) is 29.9 Å². The molecule has 0 saturated heterocycles. The van der Waals surface area contributed by atoms with E-state index < -0.39 is 36.0 Å². The quantitative estimate of drug-likeness (QED) is 0.117. The fourth-order valence-corrected chi connectivity index (χ4v) is 8.10. The normalized spacial score (nSPS) is 11.1. The molecular weight excluding hydrogens is 1850 g/mol. The molecule has 0 amide bonds. The van der Waals surface area contributed by atoms with Crippen LogP contribution in [0, 0.1) is 20.8 Å². The summed E-state index contributed by atoms with van der Waals surface area (Å²) in [6, 6.07) is 20.3. The van der Waals surface area contributed by atoms with Crippen molar-refractivity contribution >= 4 is 0 Å². The molecule has 2 aromatic carbocycles. The third kappa shape index (κ3) is 19.6. The molecule has 0 radical (unpaired) electrons. The minimum absolute atomic E-state index is 0. The van der Waals surface area contributed by atoms with Crippen LogP contribution < -0.4 is 30.6 Å². The van der Waals surface area contributed by atoms with Crippen molar-refractivity contribution in [2.45, 2.75) is 79.1 Å². The first-order chi connectivity index (χ1) is 45.2. The third-order valence-electron chi connectivity index (χ3n) is 12.4. The van der Waals surface area contributed by atoms with Crippen LogP contribution in [0.25, 0.3) is 81.3 Å². The summed E-state index contributed by atoms with van der Waals surface area (Å²) in [4.78, 5) is 46.8. The number of hydrogen-bond donors (Lipinski definition) is 0. The van der Waals surface area contributed by atoms with E-state index in [-0.39, 0.29) is 104 Å². The molecule has 0 N–H and O–H groups in total. The van der Waals surface area contributed by atoms with Gasteiger partial charge in [0.1, 0.15) is 52.4 Å². The second-order valence-electron chi connectivity index (χ2n) is 20.1. The second kappa shape index (κ2) is 33.8. The van der Waals surface area contributed by atoms with Gasteiger partial charge in [-0.15, -0.1) is 0 Å². The van der Waals surface area contributed by atoms with Crippen molar-refractivity contribution in [3.8, 4) is 81.3 Å². The van der Waals surface area contributed by atoms with Gasteiger partial charge in [0.25, 0.3) is 0 Å². The van der Waals surface area contributed by atoms with E-state index in [0.717, 1.165) is 17.2 Å². The smallest absolute Gasteiger partial charge is 0.420 e. The standard InChI is InChI=1S/2C12H10N5.C9H9F3N5.C9H12N5.2C7H5F3N5.3Pt/c2*1-9-14-11(16-15-9)12-13-7-8-17(12)10-5-3-2-4-6-10;1-5(2)17-4-3-13-7(17)6-14-8(16-15-6)9(10,11)12;1-6(2)14-5-4-10-9(14)8-11-7(3)12-13-8;2*1-15-3-2-11-5(15)4-12-6(14-13-4)7(8,9)10;;;/h2*2-8H,1H3;3-5H,1-2H3;4-6H,1-3H3;2*2-3H,1H3;;;/q6*-1;3*+2. The van der Waals surface area contributed by atoms with E-state index in [1.807, 2.05) is 128 Å². The van der Waals surface area contributed by atoms with Crippen molar-refractivity contribution in [1.82, 2.24) is 148 Å². The van der Waals surface area contributed by atoms with Gasteiger partial charge in [-0.1, -0.05) is 36.4 Å². The van der Waals surface area contributed by atoms with Gasteiger partial charge in [0, 0.05) is 164 Å². The van der Waals surface area contributed by atoms with Crippen LogP contribution in [-0.4, -0.2) is 118 Å². The maximum absolute atomic E-state index is 12.3. The number of aromatic nitrogens is 30. The van der Waals surface area contributed by atoms with Gasteiger partial charge in [-0.2, -0.15) is 39.5 Å². The maximum Gasteiger partial charge on any atom is 2.00 e. The Morgan fingerprint density at radius 2 is 0.582 bits per heavy atom. The Hall–Kier alpha value is -10.0. The van der Waals surface area contributed by atoms with Crippen LogP contribution in [0.2, 0.25) is 0 Å². The Morgan fingerprint density at radius 1 is 0.327 bits per heavy atom. The summed E-state index contributed by atoms with van der Waals surface area (Å²) >= 11 is 0. The number of rotatable bonds is 10. The molecule has 0 bridgehead atoms. The summed E-state index contributed by atoms with van der Waals surface area (Å²) in [7, 11) is 3.26. The van der Waals surface area contributed by atoms with Crippen LogP contribution in [0.1, 0.15) is 74.7 Å². The van der Waals surface area contributed by atoms with Crippen molar-refractivity contribution in [3.63, 3.8) is 0 Å². The number of imidazole rings is 6. The molecule has 30 nitrogen and oxygen atoms in total. The van der Waals surface area contributed by atoms with Crippen LogP contribution >= 0.6 is 0 Å². The van der Waals surface area contributed by atoms with Crippen LogP contribution in [0.5, 0.6) is 0 Å². The largest absolute Gasteiger partial charge is 2.00 e. The summed E-state index contributed by atoms with van der Waals surface area (Å²) in [5.41, 5.74) is 2.06. The predicted molar refractivity (Wildman–Crippen MR) is 314 cm³/mol. The van der Waals surface area contributed by atoms with Crippen molar-refractivity contribution in [1.29, 1.82) is 0 Å². The van der Waals surface area contributed by atoms with E-state index in [9.17, 15) is 39.5 Å². The van der Waals surface area contributed by atoms with Crippen LogP contribution in [0.4, 0.5) is 39.5 Å². The molecule has 0 atom stereocenters. The Bertz CT molecular complexity index is 4450. The molecule has 0 saturated carbocycles. The summed E-state index contributed by atoms with van der Waals surface area (Å²) in [5, 5.41) is 42.5. The first kappa shape index (κ1) is 77.0. The molecule has 0 unspecified atom stereocenters. The minimum atomic E-state index is -4.58. The van der Waals surface area contributed by atoms with Crippen molar-refractivity contribution < 1.29 is 103 Å². The van der Waals surface area contributed by atoms with E-state index in [1.165, 1.54) is 27.7 Å². The Kier molecular flexibility index (Phi) is 26.5. The SMILES string of the molecule is CC(C)n1ccnc1-c1nc(C(F)(F)F)n[n-]1.Cc1n[n-]c(-c2nccn2-c2ccccc2)n1.Cc1n[n-]c(-c2nccn2-c2ccccc2)n1.Cc1n[n-]c(-c2nccn2C(C)C)n1.Cn1ccnc1-c1nc(C(F)(F)F)n[n-]1.Cn1ccnc1-c1nc(C(F)(F)F)n[n-]1.[Pt+2].[Pt+2].[Pt+2]. The van der Waals surface area contributed by atoms with E-state index in [4.69, 9.17) is 0 Å². The number of alkyl halides is 9. The van der Waals surface area contributed by atoms with Gasteiger partial charge in [-0.3, -0.25) is 30.6 Å². The van der Waals surface area contributed by atoms with Crippen molar-refractivity contribution in [3.05, 3.63) is 170 Å². The fourth-order valence-electron chi connectivity index (χ4n) is 8.10. The fraction of sp³-hybridized carbons (Fsp3) is 0.250. The topological polar surface area (TPSA) is 346 Å². The zero-order valence-corrected chi connectivity index (χ0v) is 58.9. The van der Waals surface area contributed by atoms with Crippen molar-refractivity contribution in [2.24, 2.45) is 14.1 Å². The number of halogens is 9. The van der Waals surface area contributed by atoms with E-state index in [0.29, 0.717) is 52.6 Å². The molecule has 98 heavy (non-hydrogen) atoms. The molecule has 0 spiro atoms. The molecule has 0 aliphatic rings.